The Morgan fingerprint density at radius 3 is 2.96 bits per heavy atom. The summed E-state index contributed by atoms with van der Waals surface area (Å²) in [6.07, 6.45) is 2.92. The molecule has 23 heavy (non-hydrogen) atoms. The molecule has 2 aromatic heterocycles. The van der Waals surface area contributed by atoms with Gasteiger partial charge >= 0.3 is 0 Å². The summed E-state index contributed by atoms with van der Waals surface area (Å²) in [6.45, 7) is 7.05. The van der Waals surface area contributed by atoms with Crippen LogP contribution in [-0.4, -0.2) is 66.0 Å². The van der Waals surface area contributed by atoms with Crippen molar-refractivity contribution in [2.24, 2.45) is 0 Å². The Bertz CT molecular complexity index is 606. The second kappa shape index (κ2) is 7.81. The van der Waals surface area contributed by atoms with E-state index in [1.54, 1.807) is 24.6 Å². The molecule has 2 aromatic rings. The SMILES string of the molecule is CCC1CN(c2nnc(-c3ccccn3)s2)CCN1CCOC. The molecule has 124 valence electrons. The van der Waals surface area contributed by atoms with Gasteiger partial charge in [-0.2, -0.15) is 0 Å². The van der Waals surface area contributed by atoms with Gasteiger partial charge in [0.2, 0.25) is 5.13 Å². The first-order valence-electron chi connectivity index (χ1n) is 8.04. The van der Waals surface area contributed by atoms with Crippen molar-refractivity contribution in [2.75, 3.05) is 44.8 Å². The number of hydrogen-bond donors (Lipinski definition) is 0. The molecule has 1 atom stereocenters. The highest BCUT2D eigenvalue weighted by Gasteiger charge is 2.27. The number of hydrogen-bond acceptors (Lipinski definition) is 7. The summed E-state index contributed by atoms with van der Waals surface area (Å²) in [5, 5.41) is 10.6. The van der Waals surface area contributed by atoms with Gasteiger partial charge in [-0.3, -0.25) is 9.88 Å². The Balaban J connectivity index is 1.68. The summed E-state index contributed by atoms with van der Waals surface area (Å²) in [4.78, 5) is 9.22. The highest BCUT2D eigenvalue weighted by atomic mass is 32.1. The Labute approximate surface area is 141 Å². The van der Waals surface area contributed by atoms with Crippen LogP contribution < -0.4 is 4.90 Å². The zero-order valence-corrected chi connectivity index (χ0v) is 14.5. The Morgan fingerprint density at radius 1 is 1.30 bits per heavy atom. The van der Waals surface area contributed by atoms with Gasteiger partial charge in [-0.1, -0.05) is 24.3 Å². The van der Waals surface area contributed by atoms with Crippen LogP contribution in [0.3, 0.4) is 0 Å². The van der Waals surface area contributed by atoms with E-state index < -0.39 is 0 Å². The highest BCUT2D eigenvalue weighted by molar-refractivity contribution is 7.18. The molecule has 0 spiro atoms. The lowest BCUT2D eigenvalue weighted by Crippen LogP contribution is -2.53. The summed E-state index contributed by atoms with van der Waals surface area (Å²) in [7, 11) is 1.76. The molecule has 1 saturated heterocycles. The van der Waals surface area contributed by atoms with Crippen molar-refractivity contribution in [3.05, 3.63) is 24.4 Å². The van der Waals surface area contributed by atoms with E-state index >= 15 is 0 Å². The predicted octanol–water partition coefficient (Wildman–Crippen LogP) is 2.15. The van der Waals surface area contributed by atoms with Crippen LogP contribution in [0.5, 0.6) is 0 Å². The van der Waals surface area contributed by atoms with Gasteiger partial charge in [-0.25, -0.2) is 0 Å². The first kappa shape index (κ1) is 16.3. The van der Waals surface area contributed by atoms with Crippen LogP contribution in [0.2, 0.25) is 0 Å². The molecule has 0 radical (unpaired) electrons. The molecule has 7 heteroatoms. The van der Waals surface area contributed by atoms with Crippen molar-refractivity contribution in [3.8, 4) is 10.7 Å². The minimum absolute atomic E-state index is 0.543. The summed E-state index contributed by atoms with van der Waals surface area (Å²) in [6, 6.07) is 6.41. The molecule has 3 heterocycles. The molecule has 0 aromatic carbocycles. The molecule has 3 rings (SSSR count). The maximum absolute atomic E-state index is 5.22. The fourth-order valence-electron chi connectivity index (χ4n) is 2.89. The highest BCUT2D eigenvalue weighted by Crippen LogP contribution is 2.29. The minimum atomic E-state index is 0.543. The van der Waals surface area contributed by atoms with Crippen LogP contribution in [0.25, 0.3) is 10.7 Å². The van der Waals surface area contributed by atoms with Gasteiger partial charge in [-0.05, 0) is 18.6 Å². The van der Waals surface area contributed by atoms with Gasteiger partial charge in [0, 0.05) is 45.5 Å². The maximum Gasteiger partial charge on any atom is 0.208 e. The van der Waals surface area contributed by atoms with Gasteiger partial charge in [0.25, 0.3) is 0 Å². The van der Waals surface area contributed by atoms with E-state index in [-0.39, 0.29) is 0 Å². The summed E-state index contributed by atoms with van der Waals surface area (Å²) >= 11 is 1.62. The molecule has 1 fully saturated rings. The molecule has 1 unspecified atom stereocenters. The van der Waals surface area contributed by atoms with Crippen molar-refractivity contribution in [2.45, 2.75) is 19.4 Å². The van der Waals surface area contributed by atoms with Gasteiger partial charge in [0.15, 0.2) is 5.01 Å². The molecule has 6 nitrogen and oxygen atoms in total. The summed E-state index contributed by atoms with van der Waals surface area (Å²) in [5.74, 6) is 0. The van der Waals surface area contributed by atoms with E-state index in [0.29, 0.717) is 6.04 Å². The predicted molar refractivity (Wildman–Crippen MR) is 92.9 cm³/mol. The third kappa shape index (κ3) is 3.85. The van der Waals surface area contributed by atoms with Crippen LogP contribution in [-0.2, 0) is 4.74 Å². The smallest absolute Gasteiger partial charge is 0.208 e. The number of methoxy groups -OCH3 is 1. The van der Waals surface area contributed by atoms with Crippen LogP contribution in [0.1, 0.15) is 13.3 Å². The van der Waals surface area contributed by atoms with Gasteiger partial charge in [0.05, 0.1) is 6.61 Å². The molecule has 0 amide bonds. The second-order valence-electron chi connectivity index (χ2n) is 5.64. The minimum Gasteiger partial charge on any atom is -0.383 e. The van der Waals surface area contributed by atoms with E-state index in [2.05, 4.69) is 31.9 Å². The Kier molecular flexibility index (Phi) is 5.53. The maximum atomic E-state index is 5.22. The number of nitrogens with zero attached hydrogens (tertiary/aromatic N) is 5. The fourth-order valence-corrected chi connectivity index (χ4v) is 3.75. The summed E-state index contributed by atoms with van der Waals surface area (Å²) < 4.78 is 5.22. The molecule has 0 N–H and O–H groups in total. The van der Waals surface area contributed by atoms with Crippen molar-refractivity contribution in [1.29, 1.82) is 0 Å². The molecule has 1 aliphatic heterocycles. The number of anilines is 1. The normalized spacial score (nSPS) is 19.2. The lowest BCUT2D eigenvalue weighted by atomic mass is 10.1. The number of piperazine rings is 1. The number of aromatic nitrogens is 3. The van der Waals surface area contributed by atoms with Crippen molar-refractivity contribution in [1.82, 2.24) is 20.1 Å². The lowest BCUT2D eigenvalue weighted by molar-refractivity contribution is 0.109. The van der Waals surface area contributed by atoms with E-state index in [1.807, 2.05) is 18.2 Å². The van der Waals surface area contributed by atoms with Gasteiger partial charge < -0.3 is 9.64 Å². The molecule has 0 bridgehead atoms. The van der Waals surface area contributed by atoms with Crippen LogP contribution >= 0.6 is 11.3 Å². The number of ether oxygens (including phenoxy) is 1. The molecular weight excluding hydrogens is 310 g/mol. The molecular formula is C16H23N5OS. The average Bonchev–Trinajstić information content (AvgIpc) is 3.10. The third-order valence-electron chi connectivity index (χ3n) is 4.23. The molecule has 1 aliphatic rings. The van der Waals surface area contributed by atoms with Crippen LogP contribution in [0, 0.1) is 0 Å². The van der Waals surface area contributed by atoms with E-state index in [0.717, 1.165) is 55.0 Å². The van der Waals surface area contributed by atoms with Crippen LogP contribution in [0.4, 0.5) is 5.13 Å². The van der Waals surface area contributed by atoms with Crippen molar-refractivity contribution < 1.29 is 4.74 Å². The zero-order valence-electron chi connectivity index (χ0n) is 13.7. The van der Waals surface area contributed by atoms with Crippen molar-refractivity contribution >= 4 is 16.5 Å². The van der Waals surface area contributed by atoms with E-state index in [1.165, 1.54) is 0 Å². The fraction of sp³-hybridized carbons (Fsp3) is 0.562. The van der Waals surface area contributed by atoms with Gasteiger partial charge in [0.1, 0.15) is 5.69 Å². The largest absolute Gasteiger partial charge is 0.383 e. The van der Waals surface area contributed by atoms with Crippen LogP contribution in [0.15, 0.2) is 24.4 Å². The Morgan fingerprint density at radius 2 is 2.22 bits per heavy atom. The number of pyridine rings is 1. The summed E-state index contributed by atoms with van der Waals surface area (Å²) in [5.41, 5.74) is 0.891. The van der Waals surface area contributed by atoms with E-state index in [4.69, 9.17) is 4.74 Å². The standard InChI is InChI=1S/C16H23N5OS/c1-3-13-12-21(9-8-20(13)10-11-22-2)16-19-18-15(23-16)14-6-4-5-7-17-14/h4-7,13H,3,8-12H2,1-2H3. The topological polar surface area (TPSA) is 54.4 Å². The number of rotatable bonds is 6. The first-order chi connectivity index (χ1) is 11.3. The average molecular weight is 333 g/mol. The molecule has 0 aliphatic carbocycles. The Hall–Kier alpha value is -1.57. The van der Waals surface area contributed by atoms with Gasteiger partial charge in [-0.15, -0.1) is 10.2 Å². The van der Waals surface area contributed by atoms with Crippen molar-refractivity contribution in [3.63, 3.8) is 0 Å². The second-order valence-corrected chi connectivity index (χ2v) is 6.60. The quantitative estimate of drug-likeness (QED) is 0.807. The van der Waals surface area contributed by atoms with E-state index in [9.17, 15) is 0 Å². The lowest BCUT2D eigenvalue weighted by Gasteiger charge is -2.40. The first-order valence-corrected chi connectivity index (χ1v) is 8.86. The third-order valence-corrected chi connectivity index (χ3v) is 5.23. The zero-order chi connectivity index (χ0) is 16.1. The molecule has 0 saturated carbocycles. The monoisotopic (exact) mass is 333 g/mol.